The number of nitrogens with zero attached hydrogens (tertiary/aromatic N) is 1. The lowest BCUT2D eigenvalue weighted by molar-refractivity contribution is 0.0521. The number of carbonyl (C=O) groups excluding carboxylic acids is 4. The summed E-state index contributed by atoms with van der Waals surface area (Å²) >= 11 is 1.57. The zero-order valence-corrected chi connectivity index (χ0v) is 31.7. The number of pyridine rings is 1. The Bertz CT molecular complexity index is 2010. The topological polar surface area (TPSA) is 145 Å². The van der Waals surface area contributed by atoms with Crippen LogP contribution in [0, 0.1) is 0 Å². The zero-order valence-electron chi connectivity index (χ0n) is 30.9. The number of ether oxygens (including phenoxy) is 3. The van der Waals surface area contributed by atoms with Crippen molar-refractivity contribution in [1.29, 1.82) is 0 Å². The van der Waals surface area contributed by atoms with Crippen molar-refractivity contribution in [2.75, 3.05) is 19.0 Å². The number of fused-ring (bicyclic) bond motifs is 3. The first-order valence-corrected chi connectivity index (χ1v) is 18.9. The van der Waals surface area contributed by atoms with E-state index < -0.39 is 23.6 Å². The van der Waals surface area contributed by atoms with Crippen molar-refractivity contribution in [2.45, 2.75) is 90.3 Å². The number of thiophene rings is 1. The zero-order chi connectivity index (χ0) is 37.8. The van der Waals surface area contributed by atoms with Crippen LogP contribution < -0.4 is 20.7 Å². The fraction of sp³-hybridized carbons (Fsp3) is 0.390. The maximum atomic E-state index is 14.3. The molecule has 2 aromatic heterocycles. The molecular weight excluding hydrogens is 693 g/mol. The van der Waals surface area contributed by atoms with Crippen LogP contribution in [0.4, 0.5) is 10.5 Å². The molecule has 1 aliphatic carbocycles. The molecule has 3 N–H and O–H groups in total. The normalized spacial score (nSPS) is 15.0. The summed E-state index contributed by atoms with van der Waals surface area (Å²) in [6.07, 6.45) is 6.26. The molecule has 6 rings (SSSR count). The van der Waals surface area contributed by atoms with E-state index in [4.69, 9.17) is 14.2 Å². The second-order valence-corrected chi connectivity index (χ2v) is 15.7. The third kappa shape index (κ3) is 9.05. The van der Waals surface area contributed by atoms with E-state index in [1.54, 1.807) is 80.6 Å². The number of benzene rings is 2. The highest BCUT2D eigenvalue weighted by Crippen LogP contribution is 2.43. The van der Waals surface area contributed by atoms with Crippen LogP contribution in [0.2, 0.25) is 0 Å². The minimum Gasteiger partial charge on any atom is -0.493 e. The molecule has 12 heteroatoms. The first-order valence-electron chi connectivity index (χ1n) is 18.0. The van der Waals surface area contributed by atoms with E-state index >= 15 is 0 Å². The Hall–Kier alpha value is -5.23. The lowest BCUT2D eigenvalue weighted by atomic mass is 9.92. The lowest BCUT2D eigenvalue weighted by Crippen LogP contribution is -2.45. The van der Waals surface area contributed by atoms with Crippen LogP contribution in [0.15, 0.2) is 60.0 Å². The summed E-state index contributed by atoms with van der Waals surface area (Å²) in [6, 6.07) is 15.9. The molecule has 53 heavy (non-hydrogen) atoms. The maximum Gasteiger partial charge on any atom is 0.407 e. The highest BCUT2D eigenvalue weighted by molar-refractivity contribution is 7.13. The smallest absolute Gasteiger partial charge is 0.407 e. The second kappa shape index (κ2) is 15.8. The van der Waals surface area contributed by atoms with Gasteiger partial charge in [0.05, 0.1) is 13.7 Å². The van der Waals surface area contributed by atoms with Gasteiger partial charge in [-0.05, 0) is 99.5 Å². The monoisotopic (exact) mass is 738 g/mol. The molecule has 0 saturated heterocycles. The van der Waals surface area contributed by atoms with Gasteiger partial charge in [-0.1, -0.05) is 37.8 Å². The summed E-state index contributed by atoms with van der Waals surface area (Å²) < 4.78 is 16.7. The van der Waals surface area contributed by atoms with Gasteiger partial charge in [0.15, 0.2) is 5.69 Å². The average Bonchev–Trinajstić information content (AvgIpc) is 3.39. The Balaban J connectivity index is 1.34. The van der Waals surface area contributed by atoms with E-state index in [9.17, 15) is 19.2 Å². The van der Waals surface area contributed by atoms with Crippen LogP contribution in [0.1, 0.15) is 109 Å². The Morgan fingerprint density at radius 3 is 2.34 bits per heavy atom. The largest absolute Gasteiger partial charge is 0.493 e. The van der Waals surface area contributed by atoms with Crippen molar-refractivity contribution < 1.29 is 33.4 Å². The summed E-state index contributed by atoms with van der Waals surface area (Å²) in [5.41, 5.74) is 3.24. The van der Waals surface area contributed by atoms with Crippen LogP contribution in [-0.4, -0.2) is 53.7 Å². The summed E-state index contributed by atoms with van der Waals surface area (Å²) in [4.78, 5) is 58.8. The molecule has 0 atom stereocenters. The quantitative estimate of drug-likeness (QED) is 0.121. The van der Waals surface area contributed by atoms with Gasteiger partial charge in [-0.2, -0.15) is 0 Å². The highest BCUT2D eigenvalue weighted by atomic mass is 32.1. The van der Waals surface area contributed by atoms with E-state index in [0.29, 0.717) is 35.6 Å². The fourth-order valence-electron chi connectivity index (χ4n) is 6.75. The molecule has 0 unspecified atom stereocenters. The summed E-state index contributed by atoms with van der Waals surface area (Å²) in [6.45, 7) is 8.14. The van der Waals surface area contributed by atoms with Crippen molar-refractivity contribution in [3.63, 3.8) is 0 Å². The fourth-order valence-corrected chi connectivity index (χ4v) is 7.72. The van der Waals surface area contributed by atoms with Crippen molar-refractivity contribution in [3.8, 4) is 27.3 Å². The van der Waals surface area contributed by atoms with Gasteiger partial charge in [-0.25, -0.2) is 14.6 Å². The Morgan fingerprint density at radius 2 is 1.64 bits per heavy atom. The third-order valence-corrected chi connectivity index (χ3v) is 10.4. The van der Waals surface area contributed by atoms with Crippen LogP contribution in [0.25, 0.3) is 21.6 Å². The molecule has 1 aliphatic heterocycles. The molecule has 278 valence electrons. The molecule has 0 spiro atoms. The number of nitrogens with one attached hydrogen (secondary N) is 3. The van der Waals surface area contributed by atoms with Crippen molar-refractivity contribution in [3.05, 3.63) is 88.1 Å². The van der Waals surface area contributed by atoms with Crippen molar-refractivity contribution in [2.24, 2.45) is 0 Å². The molecular formula is C41H46N4O7S. The number of aromatic nitrogens is 1. The molecule has 1 saturated carbocycles. The number of amides is 3. The number of rotatable bonds is 8. The molecule has 1 fully saturated rings. The van der Waals surface area contributed by atoms with Crippen LogP contribution in [-0.2, 0) is 22.4 Å². The minimum absolute atomic E-state index is 0.0844. The van der Waals surface area contributed by atoms with Gasteiger partial charge < -0.3 is 30.2 Å². The number of methoxy groups -OCH3 is 1. The number of carbonyl (C=O) groups is 4. The lowest BCUT2D eigenvalue weighted by Gasteiger charge is -2.29. The summed E-state index contributed by atoms with van der Waals surface area (Å²) in [7, 11) is 1.26. The molecule has 4 aromatic rings. The minimum atomic E-state index is -0.742. The predicted octanol–water partition coefficient (Wildman–Crippen LogP) is 8.32. The molecule has 3 heterocycles. The van der Waals surface area contributed by atoms with Crippen molar-refractivity contribution >= 4 is 40.9 Å². The predicted molar refractivity (Wildman–Crippen MR) is 205 cm³/mol. The van der Waals surface area contributed by atoms with Crippen LogP contribution in [0.5, 0.6) is 5.75 Å². The van der Waals surface area contributed by atoms with Gasteiger partial charge in [-0.15, -0.1) is 11.3 Å². The standard InChI is InChI=1S/C41H46N4O7S/c1-40(2,3)52-39(49)42-24-25-10-12-27(13-11-25)43-36(46)30-22-31-33(51-20-16-26-17-21-53-35(26)31)23-29(30)28-14-15-32(44-34(28)38(48)50-5)37(47)45-41(4)18-8-6-7-9-19-41/h10-15,17,21-23H,6-9,16,18-20,24H2,1-5H3,(H,42,49)(H,43,46)(H,45,47). The number of anilines is 1. The van der Waals surface area contributed by atoms with Crippen molar-refractivity contribution in [1.82, 2.24) is 15.6 Å². The van der Waals surface area contributed by atoms with E-state index in [2.05, 4.69) is 33.9 Å². The third-order valence-electron chi connectivity index (χ3n) is 9.45. The number of hydrogen-bond acceptors (Lipinski definition) is 9. The van der Waals surface area contributed by atoms with Gasteiger partial charge in [0, 0.05) is 51.3 Å². The van der Waals surface area contributed by atoms with E-state index in [1.165, 1.54) is 7.11 Å². The van der Waals surface area contributed by atoms with E-state index in [1.807, 2.05) is 5.38 Å². The van der Waals surface area contributed by atoms with E-state index in [0.717, 1.165) is 60.1 Å². The van der Waals surface area contributed by atoms with Gasteiger partial charge in [0.25, 0.3) is 11.8 Å². The summed E-state index contributed by atoms with van der Waals surface area (Å²) in [5, 5.41) is 10.9. The average molecular weight is 739 g/mol. The second-order valence-electron chi connectivity index (χ2n) is 14.8. The van der Waals surface area contributed by atoms with Crippen LogP contribution >= 0.6 is 11.3 Å². The summed E-state index contributed by atoms with van der Waals surface area (Å²) in [5.74, 6) is -0.972. The number of alkyl carbamates (subject to hydrolysis) is 1. The first-order chi connectivity index (χ1) is 25.3. The molecule has 0 radical (unpaired) electrons. The molecule has 2 aliphatic rings. The maximum absolute atomic E-state index is 14.3. The van der Waals surface area contributed by atoms with Crippen LogP contribution in [0.3, 0.4) is 0 Å². The highest BCUT2D eigenvalue weighted by Gasteiger charge is 2.30. The molecule has 3 amide bonds. The number of esters is 1. The molecule has 0 bridgehead atoms. The Kier molecular flexibility index (Phi) is 11.2. The molecule has 11 nitrogen and oxygen atoms in total. The van der Waals surface area contributed by atoms with Gasteiger partial charge >= 0.3 is 12.1 Å². The van der Waals surface area contributed by atoms with Gasteiger partial charge in [0.2, 0.25) is 0 Å². The number of hydrogen-bond donors (Lipinski definition) is 3. The Morgan fingerprint density at radius 1 is 0.906 bits per heavy atom. The SMILES string of the molecule is COC(=O)c1nc(C(=O)NC2(C)CCCCCC2)ccc1-c1cc2c(cc1C(=O)Nc1ccc(CNC(=O)OC(C)(C)C)cc1)-c1sccc1CCO2. The van der Waals surface area contributed by atoms with Gasteiger partial charge in [-0.3, -0.25) is 9.59 Å². The first kappa shape index (κ1) is 37.5. The molecule has 2 aromatic carbocycles. The Labute approximate surface area is 313 Å². The van der Waals surface area contributed by atoms with Gasteiger partial charge in [0.1, 0.15) is 17.0 Å². The van der Waals surface area contributed by atoms with E-state index in [-0.39, 0.29) is 34.9 Å².